The summed E-state index contributed by atoms with van der Waals surface area (Å²) < 4.78 is 0. The van der Waals surface area contributed by atoms with Crippen LogP contribution in [0.25, 0.3) is 22.0 Å². The SMILES string of the molecule is O=c1cc(CSc2ccc(Cl)cc2)nc(Sc2c(Cl)c3cc(-c4ccccc4Cl)ccc3[nH]c2=O)[nH]1. The van der Waals surface area contributed by atoms with Crippen LogP contribution in [-0.2, 0) is 5.75 Å². The van der Waals surface area contributed by atoms with Crippen molar-refractivity contribution in [1.82, 2.24) is 15.0 Å². The number of fused-ring (bicyclic) bond motifs is 1. The lowest BCUT2D eigenvalue weighted by Gasteiger charge is -2.10. The van der Waals surface area contributed by atoms with E-state index in [4.69, 9.17) is 34.8 Å². The first-order valence-electron chi connectivity index (χ1n) is 10.6. The van der Waals surface area contributed by atoms with Gasteiger partial charge >= 0.3 is 0 Å². The fourth-order valence-electron chi connectivity index (χ4n) is 3.58. The zero-order valence-electron chi connectivity index (χ0n) is 18.3. The van der Waals surface area contributed by atoms with Crippen LogP contribution in [0, 0.1) is 0 Å². The van der Waals surface area contributed by atoms with Gasteiger partial charge in [0.1, 0.15) is 0 Å². The fraction of sp³-hybridized carbons (Fsp3) is 0.0385. The van der Waals surface area contributed by atoms with Gasteiger partial charge in [-0.15, -0.1) is 11.8 Å². The molecule has 10 heteroatoms. The third kappa shape index (κ3) is 5.51. The minimum atomic E-state index is -0.369. The highest BCUT2D eigenvalue weighted by atomic mass is 35.5. The standard InChI is InChI=1S/C26H16Cl3N3O2S2/c27-15-6-8-17(9-7-15)35-13-16-12-22(33)32-26(30-16)36-24-23(29)19-11-14(5-10-21(19)31-25(24)34)18-3-1-2-4-20(18)28/h1-12H,13H2,(H,31,34)(H,30,32,33). The average Bonchev–Trinajstić information content (AvgIpc) is 2.86. The van der Waals surface area contributed by atoms with Gasteiger partial charge in [-0.2, -0.15) is 0 Å². The van der Waals surface area contributed by atoms with E-state index in [2.05, 4.69) is 15.0 Å². The van der Waals surface area contributed by atoms with E-state index in [0.29, 0.717) is 32.4 Å². The Hall–Kier alpha value is -2.68. The molecule has 0 saturated heterocycles. The van der Waals surface area contributed by atoms with Gasteiger partial charge in [0.2, 0.25) is 0 Å². The number of H-pyrrole nitrogens is 2. The maximum Gasteiger partial charge on any atom is 0.264 e. The molecule has 0 aliphatic rings. The second-order valence-corrected chi connectivity index (χ2v) is 11.0. The Morgan fingerprint density at radius 3 is 2.42 bits per heavy atom. The molecule has 5 nitrogen and oxygen atoms in total. The van der Waals surface area contributed by atoms with E-state index >= 15 is 0 Å². The van der Waals surface area contributed by atoms with Crippen LogP contribution in [0.1, 0.15) is 5.69 Å². The second kappa shape index (κ2) is 10.7. The Kier molecular flexibility index (Phi) is 7.46. The van der Waals surface area contributed by atoms with Gasteiger partial charge in [-0.05, 0) is 59.8 Å². The molecular weight excluding hydrogens is 557 g/mol. The number of pyridine rings is 1. The molecule has 0 spiro atoms. The Balaban J connectivity index is 1.47. The molecule has 0 bridgehead atoms. The molecule has 0 unspecified atom stereocenters. The smallest absolute Gasteiger partial charge is 0.264 e. The summed E-state index contributed by atoms with van der Waals surface area (Å²) in [6.45, 7) is 0. The largest absolute Gasteiger partial charge is 0.321 e. The normalized spacial score (nSPS) is 11.2. The van der Waals surface area contributed by atoms with E-state index < -0.39 is 0 Å². The topological polar surface area (TPSA) is 78.6 Å². The molecule has 2 N–H and O–H groups in total. The number of benzene rings is 3. The summed E-state index contributed by atoms with van der Waals surface area (Å²) in [6, 6.07) is 21.9. The highest BCUT2D eigenvalue weighted by Crippen LogP contribution is 2.36. The number of rotatable bonds is 6. The number of nitrogens with zero attached hydrogens (tertiary/aromatic N) is 1. The molecule has 0 aliphatic carbocycles. The Morgan fingerprint density at radius 2 is 1.64 bits per heavy atom. The maximum atomic E-state index is 12.9. The summed E-state index contributed by atoms with van der Waals surface area (Å²) in [5, 5.41) is 2.48. The zero-order chi connectivity index (χ0) is 25.2. The van der Waals surface area contributed by atoms with Crippen molar-refractivity contribution in [2.45, 2.75) is 20.7 Å². The molecule has 0 saturated carbocycles. The number of hydrogen-bond acceptors (Lipinski definition) is 5. The van der Waals surface area contributed by atoms with Crippen molar-refractivity contribution in [3.8, 4) is 11.1 Å². The zero-order valence-corrected chi connectivity index (χ0v) is 22.3. The molecule has 0 aliphatic heterocycles. The predicted molar refractivity (Wildman–Crippen MR) is 150 cm³/mol. The molecule has 5 aromatic rings. The van der Waals surface area contributed by atoms with Crippen LogP contribution in [-0.4, -0.2) is 15.0 Å². The molecule has 2 aromatic heterocycles. The minimum absolute atomic E-state index is 0.242. The Labute approximate surface area is 229 Å². The first-order chi connectivity index (χ1) is 17.4. The summed E-state index contributed by atoms with van der Waals surface area (Å²) >= 11 is 21.6. The van der Waals surface area contributed by atoms with Gasteiger partial charge in [0.05, 0.1) is 15.6 Å². The van der Waals surface area contributed by atoms with Crippen LogP contribution in [0.5, 0.6) is 0 Å². The van der Waals surface area contributed by atoms with Gasteiger partial charge in [-0.1, -0.05) is 59.1 Å². The number of aromatic amines is 2. The first kappa shape index (κ1) is 25.0. The molecule has 180 valence electrons. The van der Waals surface area contributed by atoms with Crippen molar-refractivity contribution in [3.63, 3.8) is 0 Å². The first-order valence-corrected chi connectivity index (χ1v) is 13.6. The number of nitrogens with one attached hydrogen (secondary N) is 2. The van der Waals surface area contributed by atoms with E-state index in [0.717, 1.165) is 27.8 Å². The molecule has 3 aromatic carbocycles. The van der Waals surface area contributed by atoms with Gasteiger partial charge in [0, 0.05) is 43.2 Å². The van der Waals surface area contributed by atoms with Crippen LogP contribution in [0.15, 0.2) is 97.3 Å². The lowest BCUT2D eigenvalue weighted by Crippen LogP contribution is -2.12. The van der Waals surface area contributed by atoms with E-state index in [-0.39, 0.29) is 26.2 Å². The number of hydrogen-bond donors (Lipinski definition) is 2. The molecule has 0 atom stereocenters. The van der Waals surface area contributed by atoms with E-state index in [1.54, 1.807) is 6.07 Å². The Morgan fingerprint density at radius 1 is 0.861 bits per heavy atom. The van der Waals surface area contributed by atoms with Crippen LogP contribution in [0.4, 0.5) is 0 Å². The van der Waals surface area contributed by atoms with Crippen LogP contribution in [0.3, 0.4) is 0 Å². The van der Waals surface area contributed by atoms with Crippen molar-refractivity contribution < 1.29 is 0 Å². The van der Waals surface area contributed by atoms with Crippen molar-refractivity contribution in [3.05, 3.63) is 114 Å². The van der Waals surface area contributed by atoms with Crippen LogP contribution >= 0.6 is 58.3 Å². The van der Waals surface area contributed by atoms with Crippen molar-refractivity contribution in [1.29, 1.82) is 0 Å². The molecule has 0 fully saturated rings. The van der Waals surface area contributed by atoms with Gasteiger partial charge in [-0.3, -0.25) is 9.59 Å². The second-order valence-electron chi connectivity index (χ2n) is 7.72. The molecule has 0 amide bonds. The lowest BCUT2D eigenvalue weighted by atomic mass is 10.0. The summed E-state index contributed by atoms with van der Waals surface area (Å²) in [4.78, 5) is 36.5. The monoisotopic (exact) mass is 571 g/mol. The predicted octanol–water partition coefficient (Wildman–Crippen LogP) is 7.68. The van der Waals surface area contributed by atoms with Gasteiger partial charge in [0.15, 0.2) is 5.16 Å². The average molecular weight is 573 g/mol. The number of halogens is 3. The summed E-state index contributed by atoms with van der Waals surface area (Å²) in [7, 11) is 0. The minimum Gasteiger partial charge on any atom is -0.321 e. The summed E-state index contributed by atoms with van der Waals surface area (Å²) in [6.07, 6.45) is 0. The summed E-state index contributed by atoms with van der Waals surface area (Å²) in [5.41, 5.74) is 2.22. The quantitative estimate of drug-likeness (QED) is 0.161. The van der Waals surface area contributed by atoms with E-state index in [1.165, 1.54) is 17.8 Å². The molecular formula is C26H16Cl3N3O2S2. The van der Waals surface area contributed by atoms with Gasteiger partial charge in [0.25, 0.3) is 11.1 Å². The number of aromatic nitrogens is 3. The van der Waals surface area contributed by atoms with Crippen molar-refractivity contribution in [2.24, 2.45) is 0 Å². The lowest BCUT2D eigenvalue weighted by molar-refractivity contribution is 0.898. The maximum absolute atomic E-state index is 12.9. The molecule has 0 radical (unpaired) electrons. The van der Waals surface area contributed by atoms with Crippen molar-refractivity contribution in [2.75, 3.05) is 0 Å². The molecule has 2 heterocycles. The van der Waals surface area contributed by atoms with E-state index in [1.807, 2.05) is 60.7 Å². The third-order valence-electron chi connectivity index (χ3n) is 5.27. The third-order valence-corrected chi connectivity index (χ3v) is 8.38. The molecule has 5 rings (SSSR count). The highest BCUT2D eigenvalue weighted by molar-refractivity contribution is 7.99. The number of thioether (sulfide) groups is 1. The highest BCUT2D eigenvalue weighted by Gasteiger charge is 2.16. The van der Waals surface area contributed by atoms with Gasteiger partial charge < -0.3 is 9.97 Å². The van der Waals surface area contributed by atoms with Crippen LogP contribution < -0.4 is 11.1 Å². The fourth-order valence-corrected chi connectivity index (χ4v) is 5.95. The van der Waals surface area contributed by atoms with E-state index in [9.17, 15) is 9.59 Å². The molecule has 36 heavy (non-hydrogen) atoms. The summed E-state index contributed by atoms with van der Waals surface area (Å²) in [5.74, 6) is 0.474. The van der Waals surface area contributed by atoms with Gasteiger partial charge in [-0.25, -0.2) is 4.98 Å². The Bertz CT molecular complexity index is 1700. The van der Waals surface area contributed by atoms with Crippen molar-refractivity contribution >= 4 is 69.2 Å². The van der Waals surface area contributed by atoms with Crippen LogP contribution in [0.2, 0.25) is 15.1 Å².